The van der Waals surface area contributed by atoms with Gasteiger partial charge in [-0.1, -0.05) is 78.9 Å². The van der Waals surface area contributed by atoms with E-state index in [1.807, 2.05) is 66.7 Å². The molecule has 0 aliphatic carbocycles. The molecule has 1 amide bonds. The van der Waals surface area contributed by atoms with Crippen LogP contribution in [-0.2, 0) is 16.2 Å². The summed E-state index contributed by atoms with van der Waals surface area (Å²) in [7, 11) is 1.47. The van der Waals surface area contributed by atoms with Gasteiger partial charge in [-0.05, 0) is 22.9 Å². The van der Waals surface area contributed by atoms with Crippen LogP contribution in [0.15, 0.2) is 106 Å². The summed E-state index contributed by atoms with van der Waals surface area (Å²) in [5.41, 5.74) is 1.68. The summed E-state index contributed by atoms with van der Waals surface area (Å²) < 4.78 is 6.36. The van der Waals surface area contributed by atoms with Crippen molar-refractivity contribution in [1.82, 2.24) is 14.9 Å². The van der Waals surface area contributed by atoms with E-state index in [0.717, 1.165) is 10.3 Å². The Kier molecular flexibility index (Phi) is 5.75. The Morgan fingerprint density at radius 2 is 1.53 bits per heavy atom. The van der Waals surface area contributed by atoms with Crippen molar-refractivity contribution in [2.75, 3.05) is 12.2 Å². The number of aromatic nitrogens is 2. The summed E-state index contributed by atoms with van der Waals surface area (Å²) in [6, 6.07) is 26.4. The summed E-state index contributed by atoms with van der Waals surface area (Å²) in [6.45, 7) is 0.223. The van der Waals surface area contributed by atoms with E-state index in [9.17, 15) is 9.59 Å². The van der Waals surface area contributed by atoms with Crippen LogP contribution in [0.2, 0.25) is 0 Å². The van der Waals surface area contributed by atoms with Gasteiger partial charge < -0.3 is 0 Å². The second-order valence-electron chi connectivity index (χ2n) is 7.57. The molecule has 1 atom stereocenters. The lowest BCUT2D eigenvalue weighted by Gasteiger charge is -2.23. The molecule has 2 heterocycles. The van der Waals surface area contributed by atoms with Crippen LogP contribution in [0.1, 0.15) is 11.6 Å². The Morgan fingerprint density at radius 1 is 0.912 bits per heavy atom. The smallest absolute Gasteiger partial charge is 0.271 e. The monoisotopic (exact) mass is 455 g/mol. The van der Waals surface area contributed by atoms with Gasteiger partial charge in [-0.25, -0.2) is 10.1 Å². The molecule has 9 heteroatoms. The summed E-state index contributed by atoms with van der Waals surface area (Å²) in [6.07, 6.45) is 0. The van der Waals surface area contributed by atoms with Gasteiger partial charge in [0.2, 0.25) is 6.04 Å². The number of amides is 1. The fourth-order valence-corrected chi connectivity index (χ4v) is 3.80. The van der Waals surface area contributed by atoms with Gasteiger partial charge in [0.05, 0.1) is 19.3 Å². The zero-order valence-electron chi connectivity index (χ0n) is 18.3. The average Bonchev–Trinajstić information content (AvgIpc) is 3.40. The lowest BCUT2D eigenvalue weighted by Crippen LogP contribution is -2.41. The minimum atomic E-state index is -1.19. The molecule has 0 radical (unpaired) electrons. The van der Waals surface area contributed by atoms with E-state index in [1.54, 1.807) is 24.3 Å². The molecular formula is C25H21N5O4. The number of anilines is 1. The Morgan fingerprint density at radius 3 is 2.18 bits per heavy atom. The molecule has 4 aromatic rings. The molecule has 0 fully saturated rings. The molecule has 1 aromatic heterocycles. The molecule has 0 saturated carbocycles. The second kappa shape index (κ2) is 9.16. The van der Waals surface area contributed by atoms with Crippen LogP contribution in [0.3, 0.4) is 0 Å². The maximum absolute atomic E-state index is 13.6. The largest absolute Gasteiger partial charge is 0.312 e. The third-order valence-corrected chi connectivity index (χ3v) is 5.42. The molecule has 3 aromatic carbocycles. The molecule has 0 bridgehead atoms. The summed E-state index contributed by atoms with van der Waals surface area (Å²) in [5.74, 6) is -0.248. The van der Waals surface area contributed by atoms with Crippen molar-refractivity contribution in [3.05, 3.63) is 107 Å². The number of hydroxylamine groups is 1. The van der Waals surface area contributed by atoms with Crippen molar-refractivity contribution < 1.29 is 14.3 Å². The number of carbonyl (C=O) groups excluding carboxylic acids is 1. The summed E-state index contributed by atoms with van der Waals surface area (Å²) >= 11 is 0. The molecule has 0 N–H and O–H groups in total. The van der Waals surface area contributed by atoms with Gasteiger partial charge in [0, 0.05) is 5.56 Å². The van der Waals surface area contributed by atoms with Crippen LogP contribution in [0.4, 0.5) is 5.69 Å². The highest BCUT2D eigenvalue weighted by Gasteiger charge is 2.44. The highest BCUT2D eigenvalue weighted by Crippen LogP contribution is 2.28. The molecule has 1 unspecified atom stereocenters. The second-order valence-corrected chi connectivity index (χ2v) is 7.57. The molecule has 1 aliphatic heterocycles. The Hall–Kier alpha value is -4.50. The number of amidine groups is 1. The SMILES string of the molecule is CON(C1=NN(Cc2ccccc2)C(=O)C1n1onc(-c2ccccc2)c1=O)c1ccccc1. The van der Waals surface area contributed by atoms with Crippen molar-refractivity contribution in [1.29, 1.82) is 0 Å². The number of rotatable bonds is 6. The molecule has 0 saturated heterocycles. The fraction of sp³-hybridized carbons (Fsp3) is 0.120. The summed E-state index contributed by atoms with van der Waals surface area (Å²) in [4.78, 5) is 32.4. The van der Waals surface area contributed by atoms with E-state index in [2.05, 4.69) is 10.3 Å². The summed E-state index contributed by atoms with van der Waals surface area (Å²) in [5, 5.41) is 11.2. The van der Waals surface area contributed by atoms with Crippen molar-refractivity contribution in [3.8, 4) is 11.3 Å². The molecular weight excluding hydrogens is 434 g/mol. The number of carbonyl (C=O) groups is 1. The average molecular weight is 455 g/mol. The highest BCUT2D eigenvalue weighted by molar-refractivity contribution is 6.14. The van der Waals surface area contributed by atoms with Crippen LogP contribution < -0.4 is 10.6 Å². The number of hydrogen-bond acceptors (Lipinski definition) is 7. The van der Waals surface area contributed by atoms with Gasteiger partial charge in [-0.3, -0.25) is 19.1 Å². The molecule has 9 nitrogen and oxygen atoms in total. The van der Waals surface area contributed by atoms with E-state index in [-0.39, 0.29) is 18.1 Å². The number of hydrogen-bond donors (Lipinski definition) is 0. The van der Waals surface area contributed by atoms with Crippen molar-refractivity contribution in [3.63, 3.8) is 0 Å². The van der Waals surface area contributed by atoms with Crippen molar-refractivity contribution in [2.45, 2.75) is 12.6 Å². The van der Waals surface area contributed by atoms with Crippen LogP contribution in [0.25, 0.3) is 11.3 Å². The lowest BCUT2D eigenvalue weighted by molar-refractivity contribution is -0.133. The first-order chi connectivity index (χ1) is 16.7. The van der Waals surface area contributed by atoms with Crippen LogP contribution in [0.5, 0.6) is 0 Å². The van der Waals surface area contributed by atoms with E-state index in [0.29, 0.717) is 11.3 Å². The number of benzene rings is 3. The Labute approximate surface area is 195 Å². The maximum atomic E-state index is 13.6. The van der Waals surface area contributed by atoms with Crippen molar-refractivity contribution >= 4 is 17.4 Å². The first kappa shape index (κ1) is 21.4. The predicted octanol–water partition coefficient (Wildman–Crippen LogP) is 3.47. The Balaban J connectivity index is 1.58. The quantitative estimate of drug-likeness (QED) is 0.414. The van der Waals surface area contributed by atoms with Crippen molar-refractivity contribution in [2.24, 2.45) is 5.10 Å². The number of nitrogens with zero attached hydrogens (tertiary/aromatic N) is 5. The zero-order chi connectivity index (χ0) is 23.5. The fourth-order valence-electron chi connectivity index (χ4n) is 3.80. The van der Waals surface area contributed by atoms with Crippen LogP contribution in [0, 0.1) is 0 Å². The highest BCUT2D eigenvalue weighted by atomic mass is 16.7. The van der Waals surface area contributed by atoms with Gasteiger partial charge in [0.15, 0.2) is 11.5 Å². The molecule has 1 aliphatic rings. The first-order valence-electron chi connectivity index (χ1n) is 10.6. The number of hydrazone groups is 1. The standard InChI is InChI=1S/C25H21N5O4/c1-33-29(20-15-9-4-10-16-20)23-22(25(32)28(26-23)17-18-11-5-2-6-12-18)30-24(31)21(27-34-30)19-13-7-3-8-14-19/h2-16,22H,17H2,1H3. The van der Waals surface area contributed by atoms with E-state index >= 15 is 0 Å². The molecule has 170 valence electrons. The Bertz CT molecular complexity index is 1370. The van der Waals surface area contributed by atoms with E-state index < -0.39 is 17.5 Å². The molecule has 0 spiro atoms. The van der Waals surface area contributed by atoms with Crippen LogP contribution in [-0.4, -0.2) is 33.8 Å². The van der Waals surface area contributed by atoms with E-state index in [1.165, 1.54) is 17.2 Å². The maximum Gasteiger partial charge on any atom is 0.312 e. The lowest BCUT2D eigenvalue weighted by atomic mass is 10.1. The number of para-hydroxylation sites is 1. The molecule has 34 heavy (non-hydrogen) atoms. The predicted molar refractivity (Wildman–Crippen MR) is 126 cm³/mol. The first-order valence-corrected chi connectivity index (χ1v) is 10.6. The third kappa shape index (κ3) is 3.89. The van der Waals surface area contributed by atoms with Gasteiger partial charge >= 0.3 is 5.56 Å². The van der Waals surface area contributed by atoms with Gasteiger partial charge in [0.25, 0.3) is 5.91 Å². The topological polar surface area (TPSA) is 93.2 Å². The van der Waals surface area contributed by atoms with Gasteiger partial charge in [0.1, 0.15) is 0 Å². The zero-order valence-corrected chi connectivity index (χ0v) is 18.3. The normalized spacial score (nSPS) is 15.4. The molecule has 5 rings (SSSR count). The minimum Gasteiger partial charge on any atom is -0.271 e. The van der Waals surface area contributed by atoms with Gasteiger partial charge in [-0.15, -0.1) is 4.74 Å². The van der Waals surface area contributed by atoms with Gasteiger partial charge in [-0.2, -0.15) is 5.10 Å². The third-order valence-electron chi connectivity index (χ3n) is 5.42. The van der Waals surface area contributed by atoms with Crippen LogP contribution >= 0.6 is 0 Å². The van der Waals surface area contributed by atoms with E-state index in [4.69, 9.17) is 9.47 Å². The minimum absolute atomic E-state index is 0.109.